The molecule has 0 saturated carbocycles. The number of aliphatic hydroxyl groups excluding tert-OH is 2. The van der Waals surface area contributed by atoms with E-state index in [-0.39, 0.29) is 19.8 Å². The molecule has 1 saturated heterocycles. The highest BCUT2D eigenvalue weighted by Gasteiger charge is 2.51. The molecule has 0 bridgehead atoms. The molecule has 11 nitrogen and oxygen atoms in total. The number of carbonyl (C=O) groups excluding carboxylic acids is 3. The van der Waals surface area contributed by atoms with Gasteiger partial charge in [-0.3, -0.25) is 14.4 Å². The molecule has 1 aliphatic rings. The third kappa shape index (κ3) is 8.92. The molecule has 1 heterocycles. The van der Waals surface area contributed by atoms with Crippen molar-refractivity contribution in [2.75, 3.05) is 26.9 Å². The normalized spacial score (nSPS) is 27.2. The molecule has 0 aliphatic carbocycles. The molecule has 11 heteroatoms. The van der Waals surface area contributed by atoms with Gasteiger partial charge in [0.2, 0.25) is 0 Å². The van der Waals surface area contributed by atoms with Crippen LogP contribution < -0.4 is 0 Å². The summed E-state index contributed by atoms with van der Waals surface area (Å²) in [5.74, 6) is -1.78. The van der Waals surface area contributed by atoms with E-state index in [0.29, 0.717) is 19.3 Å². The molecule has 0 aromatic heterocycles. The molecule has 2 N–H and O–H groups in total. The van der Waals surface area contributed by atoms with Crippen LogP contribution in [0, 0.1) is 0 Å². The highest BCUT2D eigenvalue weighted by Crippen LogP contribution is 2.29. The topological polar surface area (TPSA) is 147 Å². The maximum absolute atomic E-state index is 11.7. The van der Waals surface area contributed by atoms with Gasteiger partial charge in [0.1, 0.15) is 18.8 Å². The van der Waals surface area contributed by atoms with Crippen molar-refractivity contribution >= 4 is 17.9 Å². The monoisotopic (exact) mass is 436 g/mol. The van der Waals surface area contributed by atoms with Crippen molar-refractivity contribution < 1.29 is 53.0 Å². The number of aliphatic hydroxyl groups is 2. The smallest absolute Gasteiger partial charge is 0.303 e. The summed E-state index contributed by atoms with van der Waals surface area (Å²) in [4.78, 5) is 34.5. The first kappa shape index (κ1) is 26.2. The van der Waals surface area contributed by atoms with E-state index in [1.807, 2.05) is 0 Å². The summed E-state index contributed by atoms with van der Waals surface area (Å²) in [6, 6.07) is 0. The minimum atomic E-state index is -1.09. The second-order valence-corrected chi connectivity index (χ2v) is 6.90. The van der Waals surface area contributed by atoms with Gasteiger partial charge in [-0.2, -0.15) is 0 Å². The molecular weight excluding hydrogens is 404 g/mol. The van der Waals surface area contributed by atoms with Crippen LogP contribution in [0.1, 0.15) is 40.0 Å². The van der Waals surface area contributed by atoms with Gasteiger partial charge in [0.25, 0.3) is 0 Å². The Labute approximate surface area is 175 Å². The van der Waals surface area contributed by atoms with Crippen LogP contribution in [0.2, 0.25) is 0 Å². The third-order valence-electron chi connectivity index (χ3n) is 4.33. The highest BCUT2D eigenvalue weighted by atomic mass is 16.7. The van der Waals surface area contributed by atoms with Crippen LogP contribution in [0.4, 0.5) is 0 Å². The second-order valence-electron chi connectivity index (χ2n) is 6.90. The maximum atomic E-state index is 11.7. The summed E-state index contributed by atoms with van der Waals surface area (Å²) in [6.07, 6.45) is -4.28. The molecule has 0 amide bonds. The Balaban J connectivity index is 2.97. The van der Waals surface area contributed by atoms with Gasteiger partial charge in [-0.25, -0.2) is 0 Å². The molecule has 174 valence electrons. The molecule has 1 fully saturated rings. The molecule has 0 aromatic carbocycles. The van der Waals surface area contributed by atoms with Crippen LogP contribution >= 0.6 is 0 Å². The summed E-state index contributed by atoms with van der Waals surface area (Å²) in [6.45, 7) is 3.34. The largest absolute Gasteiger partial charge is 0.463 e. The lowest BCUT2D eigenvalue weighted by Gasteiger charge is -2.44. The highest BCUT2D eigenvalue weighted by molar-refractivity contribution is 5.67. The van der Waals surface area contributed by atoms with E-state index in [2.05, 4.69) is 0 Å². The van der Waals surface area contributed by atoms with Gasteiger partial charge < -0.3 is 38.6 Å². The summed E-state index contributed by atoms with van der Waals surface area (Å²) in [5, 5.41) is 18.3. The number of rotatable bonds is 12. The predicted molar refractivity (Wildman–Crippen MR) is 100 cm³/mol. The fraction of sp³-hybridized carbons (Fsp3) is 0.842. The molecule has 6 atom stereocenters. The molecule has 30 heavy (non-hydrogen) atoms. The lowest BCUT2D eigenvalue weighted by atomic mass is 9.98. The zero-order chi connectivity index (χ0) is 22.7. The minimum absolute atomic E-state index is 0.187. The zero-order valence-corrected chi connectivity index (χ0v) is 17.8. The van der Waals surface area contributed by atoms with E-state index < -0.39 is 54.7 Å². The molecule has 1 unspecified atom stereocenters. The average molecular weight is 436 g/mol. The SMILES string of the molecule is CO[C@H]1O[C@H](COC(C)=O)[C@@H](OCCCCC(O)CO)[C@H](OC(C)=O)[C@H]1OC(C)=O. The number of hydrogen-bond donors (Lipinski definition) is 2. The van der Waals surface area contributed by atoms with E-state index in [0.717, 1.165) is 0 Å². The van der Waals surface area contributed by atoms with E-state index in [4.69, 9.17) is 33.5 Å². The van der Waals surface area contributed by atoms with Crippen LogP contribution in [0.15, 0.2) is 0 Å². The Bertz CT molecular complexity index is 553. The molecule has 0 spiro atoms. The first-order valence-corrected chi connectivity index (χ1v) is 9.76. The zero-order valence-electron chi connectivity index (χ0n) is 17.8. The predicted octanol–water partition coefficient (Wildman–Crippen LogP) is -0.307. The number of methoxy groups -OCH3 is 1. The molecule has 1 rings (SSSR count). The van der Waals surface area contributed by atoms with E-state index in [9.17, 15) is 19.5 Å². The van der Waals surface area contributed by atoms with Crippen molar-refractivity contribution in [1.29, 1.82) is 0 Å². The number of unbranched alkanes of at least 4 members (excludes halogenated alkanes) is 1. The Morgan fingerprint density at radius 2 is 1.60 bits per heavy atom. The second kappa shape index (κ2) is 13.5. The molecular formula is C19H32O11. The lowest BCUT2D eigenvalue weighted by molar-refractivity contribution is -0.306. The number of ether oxygens (including phenoxy) is 6. The Morgan fingerprint density at radius 3 is 2.13 bits per heavy atom. The lowest BCUT2D eigenvalue weighted by Crippen LogP contribution is -2.62. The Morgan fingerprint density at radius 1 is 0.967 bits per heavy atom. The van der Waals surface area contributed by atoms with Gasteiger partial charge in [-0.05, 0) is 19.3 Å². The van der Waals surface area contributed by atoms with Crippen molar-refractivity contribution in [2.45, 2.75) is 76.8 Å². The van der Waals surface area contributed by atoms with Crippen LogP contribution in [-0.4, -0.2) is 91.9 Å². The van der Waals surface area contributed by atoms with Crippen molar-refractivity contribution in [3.8, 4) is 0 Å². The van der Waals surface area contributed by atoms with Crippen molar-refractivity contribution in [1.82, 2.24) is 0 Å². The number of carbonyl (C=O) groups is 3. The standard InChI is InChI=1S/C19H32O11/c1-11(21)27-10-15-16(26-8-6-5-7-14(24)9-20)17(28-12(2)22)18(29-13(3)23)19(25-4)30-15/h14-20,24H,5-10H2,1-4H3/t14?,15-,16-,17+,18-,19+/m1/s1. The number of hydrogen-bond acceptors (Lipinski definition) is 11. The average Bonchev–Trinajstić information content (AvgIpc) is 2.67. The fourth-order valence-corrected chi connectivity index (χ4v) is 3.04. The van der Waals surface area contributed by atoms with Crippen molar-refractivity contribution in [3.63, 3.8) is 0 Å². The Hall–Kier alpha value is -1.79. The van der Waals surface area contributed by atoms with Crippen LogP contribution in [0.3, 0.4) is 0 Å². The van der Waals surface area contributed by atoms with Crippen LogP contribution in [0.5, 0.6) is 0 Å². The molecule has 1 aliphatic heterocycles. The van der Waals surface area contributed by atoms with E-state index in [1.54, 1.807) is 0 Å². The summed E-state index contributed by atoms with van der Waals surface area (Å²) < 4.78 is 32.6. The summed E-state index contributed by atoms with van der Waals surface area (Å²) in [5.41, 5.74) is 0. The Kier molecular flexibility index (Phi) is 11.8. The maximum Gasteiger partial charge on any atom is 0.303 e. The van der Waals surface area contributed by atoms with Gasteiger partial charge in [0.15, 0.2) is 18.5 Å². The van der Waals surface area contributed by atoms with Crippen LogP contribution in [-0.2, 0) is 42.8 Å². The van der Waals surface area contributed by atoms with E-state index >= 15 is 0 Å². The van der Waals surface area contributed by atoms with Crippen molar-refractivity contribution in [3.05, 3.63) is 0 Å². The summed E-state index contributed by atoms with van der Waals surface area (Å²) in [7, 11) is 1.34. The minimum Gasteiger partial charge on any atom is -0.463 e. The van der Waals surface area contributed by atoms with E-state index in [1.165, 1.54) is 27.9 Å². The molecule has 0 aromatic rings. The van der Waals surface area contributed by atoms with Gasteiger partial charge in [-0.15, -0.1) is 0 Å². The van der Waals surface area contributed by atoms with Crippen molar-refractivity contribution in [2.24, 2.45) is 0 Å². The van der Waals surface area contributed by atoms with Crippen LogP contribution in [0.25, 0.3) is 0 Å². The first-order chi connectivity index (χ1) is 14.2. The van der Waals surface area contributed by atoms with Gasteiger partial charge in [0, 0.05) is 34.5 Å². The molecule has 0 radical (unpaired) electrons. The number of esters is 3. The summed E-state index contributed by atoms with van der Waals surface area (Å²) >= 11 is 0. The third-order valence-corrected chi connectivity index (χ3v) is 4.33. The van der Waals surface area contributed by atoms with Gasteiger partial charge in [-0.1, -0.05) is 0 Å². The van der Waals surface area contributed by atoms with Gasteiger partial charge in [0.05, 0.1) is 12.7 Å². The first-order valence-electron chi connectivity index (χ1n) is 9.76. The van der Waals surface area contributed by atoms with Gasteiger partial charge >= 0.3 is 17.9 Å². The fourth-order valence-electron chi connectivity index (χ4n) is 3.04. The quantitative estimate of drug-likeness (QED) is 0.236.